The van der Waals surface area contributed by atoms with E-state index < -0.39 is 17.6 Å². The molecular weight excluding hydrogens is 260 g/mol. The summed E-state index contributed by atoms with van der Waals surface area (Å²) in [6.45, 7) is 2.46. The third kappa shape index (κ3) is 3.49. The van der Waals surface area contributed by atoms with E-state index in [0.717, 1.165) is 12.8 Å². The number of hydrogen-bond acceptors (Lipinski definition) is 4. The molecule has 1 amide bonds. The molecule has 4 atom stereocenters. The summed E-state index contributed by atoms with van der Waals surface area (Å²) < 4.78 is 5.36. The lowest BCUT2D eigenvalue weighted by atomic mass is 9.76. The van der Waals surface area contributed by atoms with Crippen LogP contribution in [0.5, 0.6) is 0 Å². The number of carbonyl (C=O) groups is 2. The molecule has 0 bridgehead atoms. The third-order valence-electron chi connectivity index (χ3n) is 4.36. The van der Waals surface area contributed by atoms with Crippen molar-refractivity contribution in [3.63, 3.8) is 0 Å². The molecule has 2 aliphatic rings. The van der Waals surface area contributed by atoms with Gasteiger partial charge in [0.25, 0.3) is 0 Å². The number of carbonyl (C=O) groups excluding carboxylic acids is 1. The van der Waals surface area contributed by atoms with Gasteiger partial charge in [-0.1, -0.05) is 19.8 Å². The first-order valence-corrected chi connectivity index (χ1v) is 7.36. The Labute approximate surface area is 119 Å². The highest BCUT2D eigenvalue weighted by molar-refractivity contribution is 5.86. The van der Waals surface area contributed by atoms with Crippen LogP contribution in [0.3, 0.4) is 0 Å². The van der Waals surface area contributed by atoms with E-state index in [4.69, 9.17) is 15.6 Å². The molecule has 0 aromatic heterocycles. The van der Waals surface area contributed by atoms with Gasteiger partial charge in [0.2, 0.25) is 5.91 Å². The molecule has 0 aromatic carbocycles. The Bertz CT molecular complexity index is 387. The smallest absolute Gasteiger partial charge is 0.332 e. The molecule has 1 aliphatic heterocycles. The highest BCUT2D eigenvalue weighted by Crippen LogP contribution is 2.30. The van der Waals surface area contributed by atoms with Crippen molar-refractivity contribution >= 4 is 11.9 Å². The zero-order chi connectivity index (χ0) is 14.8. The predicted molar refractivity (Wildman–Crippen MR) is 73.1 cm³/mol. The van der Waals surface area contributed by atoms with Crippen molar-refractivity contribution in [1.29, 1.82) is 0 Å². The van der Waals surface area contributed by atoms with Gasteiger partial charge in [-0.05, 0) is 31.6 Å². The van der Waals surface area contributed by atoms with E-state index in [1.54, 1.807) is 0 Å². The molecule has 0 radical (unpaired) electrons. The Morgan fingerprint density at radius 2 is 2.15 bits per heavy atom. The van der Waals surface area contributed by atoms with Crippen LogP contribution < -0.4 is 11.1 Å². The second-order valence-corrected chi connectivity index (χ2v) is 6.23. The summed E-state index contributed by atoms with van der Waals surface area (Å²) in [5, 5.41) is 11.7. The zero-order valence-corrected chi connectivity index (χ0v) is 11.9. The molecular formula is C14H24N2O4. The summed E-state index contributed by atoms with van der Waals surface area (Å²) in [4.78, 5) is 23.0. The normalized spacial score (nSPS) is 37.6. The van der Waals surface area contributed by atoms with Gasteiger partial charge in [-0.25, -0.2) is 4.79 Å². The monoisotopic (exact) mass is 284 g/mol. The van der Waals surface area contributed by atoms with E-state index >= 15 is 0 Å². The van der Waals surface area contributed by atoms with Crippen molar-refractivity contribution in [3.05, 3.63) is 0 Å². The molecule has 1 aliphatic carbocycles. The van der Waals surface area contributed by atoms with Crippen molar-refractivity contribution in [1.82, 2.24) is 5.32 Å². The van der Waals surface area contributed by atoms with E-state index in [9.17, 15) is 9.59 Å². The van der Waals surface area contributed by atoms with Gasteiger partial charge in [0.15, 0.2) is 6.10 Å². The predicted octanol–water partition coefficient (Wildman–Crippen LogP) is 0.642. The minimum Gasteiger partial charge on any atom is -0.479 e. The summed E-state index contributed by atoms with van der Waals surface area (Å²) in [6.07, 6.45) is 3.73. The van der Waals surface area contributed by atoms with Crippen LogP contribution in [0.15, 0.2) is 0 Å². The molecule has 1 saturated heterocycles. The summed E-state index contributed by atoms with van der Waals surface area (Å²) in [6, 6.07) is 0. The highest BCUT2D eigenvalue weighted by atomic mass is 16.5. The Hall–Kier alpha value is -1.14. The van der Waals surface area contributed by atoms with E-state index in [1.165, 1.54) is 0 Å². The van der Waals surface area contributed by atoms with Crippen molar-refractivity contribution in [3.8, 4) is 0 Å². The minimum atomic E-state index is -0.935. The van der Waals surface area contributed by atoms with E-state index in [0.29, 0.717) is 38.1 Å². The number of carboxylic acids is 1. The largest absolute Gasteiger partial charge is 0.479 e. The lowest BCUT2D eigenvalue weighted by Gasteiger charge is -2.35. The average Bonchev–Trinajstić information content (AvgIpc) is 2.84. The fourth-order valence-corrected chi connectivity index (χ4v) is 3.22. The molecule has 2 fully saturated rings. The SMILES string of the molecule is CC1CCCC(N)(C(=O)NCC2CCC(C(=O)O)O2)C1. The van der Waals surface area contributed by atoms with Crippen molar-refractivity contribution in [2.45, 2.75) is 63.2 Å². The highest BCUT2D eigenvalue weighted by Gasteiger charge is 2.38. The van der Waals surface area contributed by atoms with Crippen molar-refractivity contribution in [2.75, 3.05) is 6.54 Å². The maximum absolute atomic E-state index is 12.2. The van der Waals surface area contributed by atoms with Crippen LogP contribution in [-0.2, 0) is 14.3 Å². The molecule has 6 nitrogen and oxygen atoms in total. The van der Waals surface area contributed by atoms with Gasteiger partial charge in [0, 0.05) is 6.54 Å². The number of amides is 1. The minimum absolute atomic E-state index is 0.133. The topological polar surface area (TPSA) is 102 Å². The lowest BCUT2D eigenvalue weighted by Crippen LogP contribution is -2.57. The van der Waals surface area contributed by atoms with Gasteiger partial charge in [0.1, 0.15) is 0 Å². The van der Waals surface area contributed by atoms with Crippen LogP contribution in [-0.4, -0.2) is 41.3 Å². The molecule has 1 heterocycles. The van der Waals surface area contributed by atoms with Crippen molar-refractivity contribution < 1.29 is 19.4 Å². The first-order chi connectivity index (χ1) is 9.40. The molecule has 114 valence electrons. The molecule has 4 N–H and O–H groups in total. The Balaban J connectivity index is 1.79. The van der Waals surface area contributed by atoms with Crippen LogP contribution in [0.2, 0.25) is 0 Å². The van der Waals surface area contributed by atoms with Crippen molar-refractivity contribution in [2.24, 2.45) is 11.7 Å². The summed E-state index contributed by atoms with van der Waals surface area (Å²) in [5.41, 5.74) is 5.43. The van der Waals surface area contributed by atoms with Gasteiger partial charge in [-0.15, -0.1) is 0 Å². The number of ether oxygens (including phenoxy) is 1. The molecule has 0 spiro atoms. The summed E-state index contributed by atoms with van der Waals surface area (Å²) in [7, 11) is 0. The van der Waals surface area contributed by atoms with Gasteiger partial charge < -0.3 is 20.9 Å². The van der Waals surface area contributed by atoms with Crippen LogP contribution in [0.4, 0.5) is 0 Å². The van der Waals surface area contributed by atoms with Gasteiger partial charge in [-0.2, -0.15) is 0 Å². The molecule has 4 unspecified atom stereocenters. The van der Waals surface area contributed by atoms with Crippen LogP contribution in [0.1, 0.15) is 45.4 Å². The van der Waals surface area contributed by atoms with Gasteiger partial charge >= 0.3 is 5.97 Å². The number of aliphatic carboxylic acids is 1. The first kappa shape index (κ1) is 15.3. The maximum Gasteiger partial charge on any atom is 0.332 e. The first-order valence-electron chi connectivity index (χ1n) is 7.36. The molecule has 2 rings (SSSR count). The Morgan fingerprint density at radius 3 is 2.75 bits per heavy atom. The third-order valence-corrected chi connectivity index (χ3v) is 4.36. The fraction of sp³-hybridized carbons (Fsp3) is 0.857. The molecule has 20 heavy (non-hydrogen) atoms. The summed E-state index contributed by atoms with van der Waals surface area (Å²) in [5.74, 6) is -0.597. The average molecular weight is 284 g/mol. The zero-order valence-electron chi connectivity index (χ0n) is 11.9. The standard InChI is InChI=1S/C14H24N2O4/c1-9-3-2-6-14(15,7-9)13(19)16-8-10-4-5-11(20-10)12(17)18/h9-11H,2-8,15H2,1H3,(H,16,19)(H,17,18). The van der Waals surface area contributed by atoms with E-state index in [-0.39, 0.29) is 12.0 Å². The molecule has 1 saturated carbocycles. The van der Waals surface area contributed by atoms with E-state index in [2.05, 4.69) is 12.2 Å². The molecule has 0 aromatic rings. The number of nitrogens with two attached hydrogens (primary N) is 1. The number of carboxylic acid groups (broad SMARTS) is 1. The van der Waals surface area contributed by atoms with Gasteiger partial charge in [-0.3, -0.25) is 4.79 Å². The van der Waals surface area contributed by atoms with Crippen LogP contribution in [0, 0.1) is 5.92 Å². The quantitative estimate of drug-likeness (QED) is 0.703. The maximum atomic E-state index is 12.2. The fourth-order valence-electron chi connectivity index (χ4n) is 3.22. The van der Waals surface area contributed by atoms with Crippen LogP contribution in [0.25, 0.3) is 0 Å². The summed E-state index contributed by atoms with van der Waals surface area (Å²) >= 11 is 0. The number of rotatable bonds is 4. The number of nitrogens with one attached hydrogen (secondary N) is 1. The van der Waals surface area contributed by atoms with E-state index in [1.807, 2.05) is 0 Å². The molecule has 6 heteroatoms. The second kappa shape index (κ2) is 6.10. The Kier molecular flexibility index (Phi) is 4.65. The van der Waals surface area contributed by atoms with Gasteiger partial charge in [0.05, 0.1) is 11.6 Å². The Morgan fingerprint density at radius 1 is 1.40 bits per heavy atom. The van der Waals surface area contributed by atoms with Crippen LogP contribution >= 0.6 is 0 Å². The lowest BCUT2D eigenvalue weighted by molar-refractivity contribution is -0.149. The number of hydrogen-bond donors (Lipinski definition) is 3. The second-order valence-electron chi connectivity index (χ2n) is 6.23.